The number of hydrogen-bond acceptors (Lipinski definition) is 4. The van der Waals surface area contributed by atoms with Crippen molar-refractivity contribution in [3.05, 3.63) is 54.1 Å². The van der Waals surface area contributed by atoms with Gasteiger partial charge in [0.05, 0.1) is 13.7 Å². The van der Waals surface area contributed by atoms with Gasteiger partial charge in [0.15, 0.2) is 17.6 Å². The van der Waals surface area contributed by atoms with Gasteiger partial charge in [-0.2, -0.15) is 0 Å². The van der Waals surface area contributed by atoms with Gasteiger partial charge in [-0.3, -0.25) is 0 Å². The largest absolute Gasteiger partial charge is 0.497 e. The predicted molar refractivity (Wildman–Crippen MR) is 94.2 cm³/mol. The predicted octanol–water partition coefficient (Wildman–Crippen LogP) is 2.68. The minimum atomic E-state index is -0.201. The number of nitrogens with zero attached hydrogens (tertiary/aromatic N) is 1. The highest BCUT2D eigenvalue weighted by molar-refractivity contribution is 5.73. The van der Waals surface area contributed by atoms with Crippen molar-refractivity contribution in [1.82, 2.24) is 10.2 Å². The van der Waals surface area contributed by atoms with Crippen LogP contribution in [0.5, 0.6) is 17.2 Å². The van der Waals surface area contributed by atoms with E-state index >= 15 is 0 Å². The number of urea groups is 1. The van der Waals surface area contributed by atoms with Crippen molar-refractivity contribution in [3.8, 4) is 17.2 Å². The number of carbonyl (C=O) groups excluding carboxylic acids is 1. The van der Waals surface area contributed by atoms with Crippen molar-refractivity contribution in [3.63, 3.8) is 0 Å². The molecule has 6 nitrogen and oxygen atoms in total. The second-order valence-electron chi connectivity index (χ2n) is 5.89. The number of carbonyl (C=O) groups is 1. The van der Waals surface area contributed by atoms with Crippen molar-refractivity contribution in [2.45, 2.75) is 12.6 Å². The number of nitrogens with one attached hydrogen (secondary N) is 1. The standard InChI is InChI=1S/C19H22N2O4/c1-21(12-14-7-9-15(23-2)10-8-14)19(22)20-11-16-13-24-17-5-3-4-6-18(17)25-16/h3-10,16H,11-13H2,1-2H3,(H,20,22)/t16-/m1/s1. The lowest BCUT2D eigenvalue weighted by Gasteiger charge is -2.27. The Morgan fingerprint density at radius 1 is 1.20 bits per heavy atom. The minimum absolute atomic E-state index is 0.154. The molecule has 1 aliphatic heterocycles. The smallest absolute Gasteiger partial charge is 0.317 e. The van der Waals surface area contributed by atoms with Crippen LogP contribution in [0.1, 0.15) is 5.56 Å². The van der Waals surface area contributed by atoms with Gasteiger partial charge in [-0.1, -0.05) is 24.3 Å². The van der Waals surface area contributed by atoms with E-state index in [9.17, 15) is 4.79 Å². The van der Waals surface area contributed by atoms with Gasteiger partial charge in [-0.25, -0.2) is 4.79 Å². The van der Waals surface area contributed by atoms with Crippen molar-refractivity contribution in [1.29, 1.82) is 0 Å². The van der Waals surface area contributed by atoms with Crippen molar-refractivity contribution in [2.24, 2.45) is 0 Å². The summed E-state index contributed by atoms with van der Waals surface area (Å²) in [6.07, 6.45) is -0.201. The maximum atomic E-state index is 12.3. The van der Waals surface area contributed by atoms with Crippen LogP contribution in [0.15, 0.2) is 48.5 Å². The molecule has 6 heteroatoms. The first-order chi connectivity index (χ1) is 12.2. The van der Waals surface area contributed by atoms with Crippen molar-refractivity contribution >= 4 is 6.03 Å². The van der Waals surface area contributed by atoms with E-state index in [1.807, 2.05) is 48.5 Å². The van der Waals surface area contributed by atoms with Crippen molar-refractivity contribution < 1.29 is 19.0 Å². The van der Waals surface area contributed by atoms with Gasteiger partial charge >= 0.3 is 6.03 Å². The number of rotatable bonds is 5. The Hall–Kier alpha value is -2.89. The maximum absolute atomic E-state index is 12.3. The quantitative estimate of drug-likeness (QED) is 0.908. The van der Waals surface area contributed by atoms with Gasteiger partial charge in [-0.15, -0.1) is 0 Å². The molecule has 0 fully saturated rings. The molecule has 1 N–H and O–H groups in total. The van der Waals surface area contributed by atoms with Crippen LogP contribution >= 0.6 is 0 Å². The Balaban J connectivity index is 1.47. The zero-order valence-corrected chi connectivity index (χ0v) is 14.4. The van der Waals surface area contributed by atoms with Crippen LogP contribution in [0.4, 0.5) is 4.79 Å². The average molecular weight is 342 g/mol. The van der Waals surface area contributed by atoms with Gasteiger partial charge in [0.1, 0.15) is 12.4 Å². The third-order valence-corrected chi connectivity index (χ3v) is 3.97. The van der Waals surface area contributed by atoms with Crippen LogP contribution in [0.2, 0.25) is 0 Å². The van der Waals surface area contributed by atoms with E-state index < -0.39 is 0 Å². The molecular weight excluding hydrogens is 320 g/mol. The Bertz CT molecular complexity index is 718. The Morgan fingerprint density at radius 3 is 2.64 bits per heavy atom. The minimum Gasteiger partial charge on any atom is -0.497 e. The number of hydrogen-bond donors (Lipinski definition) is 1. The normalized spacial score (nSPS) is 15.4. The molecule has 1 heterocycles. The number of para-hydroxylation sites is 2. The van der Waals surface area contributed by atoms with Gasteiger partial charge in [0, 0.05) is 13.6 Å². The van der Waals surface area contributed by atoms with Crippen LogP contribution < -0.4 is 19.5 Å². The Morgan fingerprint density at radius 2 is 1.92 bits per heavy atom. The fraction of sp³-hybridized carbons (Fsp3) is 0.316. The Labute approximate surface area is 147 Å². The summed E-state index contributed by atoms with van der Waals surface area (Å²) in [6, 6.07) is 15.0. The lowest BCUT2D eigenvalue weighted by molar-refractivity contribution is 0.0904. The summed E-state index contributed by atoms with van der Waals surface area (Å²) in [4.78, 5) is 13.9. The molecule has 2 aromatic carbocycles. The molecule has 3 rings (SSSR count). The van der Waals surface area contributed by atoms with Gasteiger partial charge in [0.25, 0.3) is 0 Å². The fourth-order valence-corrected chi connectivity index (χ4v) is 2.58. The van der Waals surface area contributed by atoms with E-state index in [0.717, 1.165) is 17.1 Å². The average Bonchev–Trinajstić information content (AvgIpc) is 2.66. The molecule has 0 spiro atoms. The molecule has 0 radical (unpaired) electrons. The van der Waals surface area contributed by atoms with E-state index in [4.69, 9.17) is 14.2 Å². The molecule has 2 aromatic rings. The SMILES string of the molecule is COc1ccc(CN(C)C(=O)NC[C@@H]2COc3ccccc3O2)cc1. The summed E-state index contributed by atoms with van der Waals surface area (Å²) in [6.45, 7) is 1.32. The highest BCUT2D eigenvalue weighted by Gasteiger charge is 2.21. The molecule has 25 heavy (non-hydrogen) atoms. The molecule has 0 bridgehead atoms. The lowest BCUT2D eigenvalue weighted by atomic mass is 10.2. The third-order valence-electron chi connectivity index (χ3n) is 3.97. The monoisotopic (exact) mass is 342 g/mol. The van der Waals surface area contributed by atoms with Crippen LogP contribution in [0, 0.1) is 0 Å². The maximum Gasteiger partial charge on any atom is 0.317 e. The van der Waals surface area contributed by atoms with Gasteiger partial charge in [0.2, 0.25) is 0 Å². The first-order valence-electron chi connectivity index (χ1n) is 8.16. The second kappa shape index (κ2) is 7.79. The lowest BCUT2D eigenvalue weighted by Crippen LogP contribution is -2.44. The number of methoxy groups -OCH3 is 1. The summed E-state index contributed by atoms with van der Waals surface area (Å²) in [7, 11) is 3.39. The third kappa shape index (κ3) is 4.35. The van der Waals surface area contributed by atoms with Crippen molar-refractivity contribution in [2.75, 3.05) is 27.3 Å². The molecule has 2 amide bonds. The van der Waals surface area contributed by atoms with Crippen LogP contribution in [-0.4, -0.2) is 44.3 Å². The number of benzene rings is 2. The molecule has 1 atom stereocenters. The summed E-state index contributed by atoms with van der Waals surface area (Å²) in [5.41, 5.74) is 1.03. The first-order valence-corrected chi connectivity index (χ1v) is 8.16. The Kier molecular flexibility index (Phi) is 5.28. The number of amides is 2. The highest BCUT2D eigenvalue weighted by atomic mass is 16.6. The fourth-order valence-electron chi connectivity index (χ4n) is 2.58. The number of fused-ring (bicyclic) bond motifs is 1. The molecule has 0 unspecified atom stereocenters. The zero-order valence-electron chi connectivity index (χ0n) is 14.4. The molecular formula is C19H22N2O4. The molecule has 0 aromatic heterocycles. The molecule has 132 valence electrons. The van der Waals surface area contributed by atoms with E-state index in [2.05, 4.69) is 5.32 Å². The van der Waals surface area contributed by atoms with Crippen LogP contribution in [-0.2, 0) is 6.54 Å². The summed E-state index contributed by atoms with van der Waals surface area (Å²) in [5.74, 6) is 2.24. The van der Waals surface area contributed by atoms with Crippen LogP contribution in [0.3, 0.4) is 0 Å². The summed E-state index contributed by atoms with van der Waals surface area (Å²) < 4.78 is 16.6. The van der Waals surface area contributed by atoms with E-state index in [1.165, 1.54) is 0 Å². The van der Waals surface area contributed by atoms with E-state index in [1.54, 1.807) is 19.1 Å². The van der Waals surface area contributed by atoms with Gasteiger partial charge in [-0.05, 0) is 29.8 Å². The highest BCUT2D eigenvalue weighted by Crippen LogP contribution is 2.30. The molecule has 0 aliphatic carbocycles. The summed E-state index contributed by atoms with van der Waals surface area (Å²) in [5, 5.41) is 2.88. The van der Waals surface area contributed by atoms with Crippen LogP contribution in [0.25, 0.3) is 0 Å². The molecule has 0 saturated carbocycles. The zero-order chi connectivity index (χ0) is 17.6. The van der Waals surface area contributed by atoms with E-state index in [-0.39, 0.29) is 12.1 Å². The topological polar surface area (TPSA) is 60.0 Å². The van der Waals surface area contributed by atoms with E-state index in [0.29, 0.717) is 25.4 Å². The van der Waals surface area contributed by atoms with Gasteiger partial charge < -0.3 is 24.4 Å². The first kappa shape index (κ1) is 17.0. The number of ether oxygens (including phenoxy) is 3. The summed E-state index contributed by atoms with van der Waals surface area (Å²) >= 11 is 0. The molecule has 0 saturated heterocycles. The second-order valence-corrected chi connectivity index (χ2v) is 5.89. The molecule has 1 aliphatic rings.